The number of hydrogen-bond donors (Lipinski definition) is 1. The predicted octanol–water partition coefficient (Wildman–Crippen LogP) is 3.01. The van der Waals surface area contributed by atoms with Crippen LogP contribution in [0.2, 0.25) is 0 Å². The standard InChI is InChI=1S/C16H25NO/c1-11-12(2)18-13(3)16(11)15(17)10-9-14-7-5-4-6-8-14/h4-8,11-13,15-16H,9-10,17H2,1-3H3. The summed E-state index contributed by atoms with van der Waals surface area (Å²) < 4.78 is 5.88. The first kappa shape index (κ1) is 13.6. The molecule has 2 rings (SSSR count). The van der Waals surface area contributed by atoms with Crippen LogP contribution < -0.4 is 5.73 Å². The fourth-order valence-corrected chi connectivity index (χ4v) is 3.20. The van der Waals surface area contributed by atoms with Gasteiger partial charge in [0.05, 0.1) is 12.2 Å². The lowest BCUT2D eigenvalue weighted by Crippen LogP contribution is -2.38. The Labute approximate surface area is 111 Å². The van der Waals surface area contributed by atoms with E-state index in [1.807, 2.05) is 0 Å². The van der Waals surface area contributed by atoms with Gasteiger partial charge >= 0.3 is 0 Å². The molecule has 1 heterocycles. The molecule has 18 heavy (non-hydrogen) atoms. The third-order valence-corrected chi connectivity index (χ3v) is 4.42. The molecule has 0 aliphatic carbocycles. The highest BCUT2D eigenvalue weighted by Crippen LogP contribution is 2.34. The summed E-state index contributed by atoms with van der Waals surface area (Å²) in [5, 5.41) is 0. The molecule has 2 heteroatoms. The van der Waals surface area contributed by atoms with E-state index in [9.17, 15) is 0 Å². The van der Waals surface area contributed by atoms with E-state index < -0.39 is 0 Å². The maximum Gasteiger partial charge on any atom is 0.0597 e. The first-order valence-corrected chi connectivity index (χ1v) is 7.04. The molecule has 0 saturated carbocycles. The third-order valence-electron chi connectivity index (χ3n) is 4.42. The Morgan fingerprint density at radius 1 is 1.11 bits per heavy atom. The quantitative estimate of drug-likeness (QED) is 0.887. The minimum Gasteiger partial charge on any atom is -0.375 e. The van der Waals surface area contributed by atoms with Gasteiger partial charge in [-0.2, -0.15) is 0 Å². The number of rotatable bonds is 4. The molecule has 1 aromatic carbocycles. The van der Waals surface area contributed by atoms with Crippen molar-refractivity contribution in [1.82, 2.24) is 0 Å². The van der Waals surface area contributed by atoms with Crippen LogP contribution in [0.25, 0.3) is 0 Å². The van der Waals surface area contributed by atoms with Crippen LogP contribution in [0.4, 0.5) is 0 Å². The lowest BCUT2D eigenvalue weighted by molar-refractivity contribution is 0.0487. The SMILES string of the molecule is CC1OC(C)C(C(N)CCc2ccccc2)C1C. The van der Waals surface area contributed by atoms with E-state index >= 15 is 0 Å². The summed E-state index contributed by atoms with van der Waals surface area (Å²) in [6, 6.07) is 10.8. The lowest BCUT2D eigenvalue weighted by atomic mass is 9.82. The van der Waals surface area contributed by atoms with Gasteiger partial charge in [-0.15, -0.1) is 0 Å². The number of benzene rings is 1. The molecule has 0 amide bonds. The zero-order valence-electron chi connectivity index (χ0n) is 11.7. The van der Waals surface area contributed by atoms with Crippen molar-refractivity contribution in [2.24, 2.45) is 17.6 Å². The molecule has 0 bridgehead atoms. The van der Waals surface area contributed by atoms with Gasteiger partial charge in [0.1, 0.15) is 0 Å². The van der Waals surface area contributed by atoms with E-state index in [1.165, 1.54) is 5.56 Å². The minimum atomic E-state index is 0.236. The molecule has 0 aromatic heterocycles. The lowest BCUT2D eigenvalue weighted by Gasteiger charge is -2.25. The molecule has 100 valence electrons. The summed E-state index contributed by atoms with van der Waals surface area (Å²) in [5.41, 5.74) is 7.77. The highest BCUT2D eigenvalue weighted by molar-refractivity contribution is 5.14. The van der Waals surface area contributed by atoms with Crippen molar-refractivity contribution in [1.29, 1.82) is 0 Å². The Hall–Kier alpha value is -0.860. The summed E-state index contributed by atoms with van der Waals surface area (Å²) in [4.78, 5) is 0. The topological polar surface area (TPSA) is 35.2 Å². The predicted molar refractivity (Wildman–Crippen MR) is 75.4 cm³/mol. The molecule has 5 atom stereocenters. The molecule has 1 aliphatic heterocycles. The van der Waals surface area contributed by atoms with Gasteiger partial charge in [-0.1, -0.05) is 37.3 Å². The maximum atomic E-state index is 6.39. The summed E-state index contributed by atoms with van der Waals surface area (Å²) in [7, 11) is 0. The summed E-state index contributed by atoms with van der Waals surface area (Å²) in [6.07, 6.45) is 2.74. The fraction of sp³-hybridized carbons (Fsp3) is 0.625. The van der Waals surface area contributed by atoms with Gasteiger partial charge in [0.15, 0.2) is 0 Å². The average molecular weight is 247 g/mol. The molecule has 2 N–H and O–H groups in total. The first-order chi connectivity index (χ1) is 8.59. The molecule has 0 spiro atoms. The van der Waals surface area contributed by atoms with Crippen LogP contribution >= 0.6 is 0 Å². The van der Waals surface area contributed by atoms with Crippen LogP contribution in [0.5, 0.6) is 0 Å². The van der Waals surface area contributed by atoms with Crippen molar-refractivity contribution >= 4 is 0 Å². The maximum absolute atomic E-state index is 6.39. The molecule has 2 nitrogen and oxygen atoms in total. The number of hydrogen-bond acceptors (Lipinski definition) is 2. The van der Waals surface area contributed by atoms with E-state index in [0.29, 0.717) is 24.0 Å². The summed E-state index contributed by atoms with van der Waals surface area (Å²) in [6.45, 7) is 6.58. The number of ether oxygens (including phenoxy) is 1. The van der Waals surface area contributed by atoms with Crippen molar-refractivity contribution in [2.45, 2.75) is 51.9 Å². The first-order valence-electron chi connectivity index (χ1n) is 7.04. The van der Waals surface area contributed by atoms with E-state index in [2.05, 4.69) is 51.1 Å². The van der Waals surface area contributed by atoms with E-state index in [-0.39, 0.29) is 6.04 Å². The zero-order chi connectivity index (χ0) is 13.1. The van der Waals surface area contributed by atoms with E-state index in [4.69, 9.17) is 10.5 Å². The molecule has 1 saturated heterocycles. The van der Waals surface area contributed by atoms with Crippen LogP contribution in [0.1, 0.15) is 32.8 Å². The van der Waals surface area contributed by atoms with Crippen LogP contribution in [0, 0.1) is 11.8 Å². The van der Waals surface area contributed by atoms with Crippen LogP contribution in [0.15, 0.2) is 30.3 Å². The summed E-state index contributed by atoms with van der Waals surface area (Å²) in [5.74, 6) is 1.05. The molecule has 1 aromatic rings. The molecule has 0 radical (unpaired) electrons. The van der Waals surface area contributed by atoms with Gasteiger partial charge in [0.25, 0.3) is 0 Å². The van der Waals surface area contributed by atoms with Gasteiger partial charge in [0, 0.05) is 12.0 Å². The van der Waals surface area contributed by atoms with Crippen molar-refractivity contribution < 1.29 is 4.74 Å². The van der Waals surface area contributed by atoms with Crippen molar-refractivity contribution in [3.8, 4) is 0 Å². The fourth-order valence-electron chi connectivity index (χ4n) is 3.20. The second-order valence-corrected chi connectivity index (χ2v) is 5.67. The van der Waals surface area contributed by atoms with E-state index in [0.717, 1.165) is 12.8 Å². The Morgan fingerprint density at radius 2 is 1.78 bits per heavy atom. The van der Waals surface area contributed by atoms with E-state index in [1.54, 1.807) is 0 Å². The highest BCUT2D eigenvalue weighted by Gasteiger charge is 2.39. The third kappa shape index (κ3) is 2.93. The monoisotopic (exact) mass is 247 g/mol. The average Bonchev–Trinajstić information content (AvgIpc) is 2.62. The van der Waals surface area contributed by atoms with Gasteiger partial charge in [-0.05, 0) is 38.2 Å². The number of aryl methyl sites for hydroxylation is 1. The van der Waals surface area contributed by atoms with Gasteiger partial charge in [0.2, 0.25) is 0 Å². The molecular weight excluding hydrogens is 222 g/mol. The zero-order valence-corrected chi connectivity index (χ0v) is 11.7. The van der Waals surface area contributed by atoms with Crippen molar-refractivity contribution in [3.05, 3.63) is 35.9 Å². The highest BCUT2D eigenvalue weighted by atomic mass is 16.5. The molecule has 5 unspecified atom stereocenters. The smallest absolute Gasteiger partial charge is 0.0597 e. The van der Waals surface area contributed by atoms with Crippen LogP contribution in [-0.4, -0.2) is 18.2 Å². The second-order valence-electron chi connectivity index (χ2n) is 5.67. The molecule has 1 aliphatic rings. The van der Waals surface area contributed by atoms with Crippen LogP contribution in [-0.2, 0) is 11.2 Å². The number of nitrogens with two attached hydrogens (primary N) is 1. The van der Waals surface area contributed by atoms with Gasteiger partial charge in [-0.3, -0.25) is 0 Å². The van der Waals surface area contributed by atoms with Crippen molar-refractivity contribution in [3.63, 3.8) is 0 Å². The minimum absolute atomic E-state index is 0.236. The normalized spacial score (nSPS) is 33.6. The largest absolute Gasteiger partial charge is 0.375 e. The molecular formula is C16H25NO. The summed E-state index contributed by atoms with van der Waals surface area (Å²) >= 11 is 0. The second kappa shape index (κ2) is 5.85. The van der Waals surface area contributed by atoms with Gasteiger partial charge in [-0.25, -0.2) is 0 Å². The Bertz CT molecular complexity index is 365. The van der Waals surface area contributed by atoms with Gasteiger partial charge < -0.3 is 10.5 Å². The Kier molecular flexibility index (Phi) is 4.41. The van der Waals surface area contributed by atoms with Crippen LogP contribution in [0.3, 0.4) is 0 Å². The molecule has 1 fully saturated rings. The Balaban J connectivity index is 1.90. The van der Waals surface area contributed by atoms with Crippen molar-refractivity contribution in [2.75, 3.05) is 0 Å². The Morgan fingerprint density at radius 3 is 2.33 bits per heavy atom.